The first-order valence-corrected chi connectivity index (χ1v) is 3.55. The topological polar surface area (TPSA) is 69.6 Å². The molecule has 1 unspecified atom stereocenters. The zero-order valence-electron chi connectivity index (χ0n) is 6.02. The number of carboxylic acid groups (broad SMARTS) is 1. The molecule has 0 aromatic carbocycles. The second kappa shape index (κ2) is 4.97. The number of aliphatic carboxylic acids is 1. The van der Waals surface area contributed by atoms with Crippen molar-refractivity contribution in [3.05, 3.63) is 0 Å². The molecule has 1 amide bonds. The molecule has 0 saturated carbocycles. The normalized spacial score (nSPS) is 12.2. The smallest absolute Gasteiger partial charge is 0.328 e. The van der Waals surface area contributed by atoms with Gasteiger partial charge >= 0.3 is 5.97 Å². The Hall–Kier alpha value is -0.750. The molecule has 0 aromatic heterocycles. The molecule has 0 rings (SSSR count). The molecular formula is C5H10N2O3S. The molecule has 0 fully saturated rings. The molecule has 11 heavy (non-hydrogen) atoms. The van der Waals surface area contributed by atoms with Gasteiger partial charge in [0, 0.05) is 12.8 Å². The van der Waals surface area contributed by atoms with Crippen molar-refractivity contribution in [2.45, 2.75) is 6.04 Å². The van der Waals surface area contributed by atoms with Gasteiger partial charge in [-0.3, -0.25) is 9.80 Å². The predicted molar refractivity (Wildman–Crippen MR) is 42.2 cm³/mol. The molecule has 2 N–H and O–H groups in total. The minimum atomic E-state index is -1.08. The number of carboxylic acids is 1. The Morgan fingerprint density at radius 2 is 2.45 bits per heavy atom. The Labute approximate surface area is 69.8 Å². The highest BCUT2D eigenvalue weighted by Crippen LogP contribution is 1.95. The number of hydrogen-bond donors (Lipinski definition) is 3. The summed E-state index contributed by atoms with van der Waals surface area (Å²) in [6.07, 6.45) is 0.412. The molecule has 64 valence electrons. The highest BCUT2D eigenvalue weighted by molar-refractivity contribution is 7.80. The van der Waals surface area contributed by atoms with Crippen molar-refractivity contribution in [1.29, 1.82) is 0 Å². The van der Waals surface area contributed by atoms with Gasteiger partial charge in [0.1, 0.15) is 0 Å². The minimum Gasteiger partial charge on any atom is -0.480 e. The Morgan fingerprint density at radius 3 is 2.55 bits per heavy atom. The third-order valence-corrected chi connectivity index (χ3v) is 1.51. The fourth-order valence-electron chi connectivity index (χ4n) is 0.567. The number of carbonyl (C=O) groups is 2. The molecule has 0 radical (unpaired) electrons. The van der Waals surface area contributed by atoms with Crippen LogP contribution in [0.2, 0.25) is 0 Å². The van der Waals surface area contributed by atoms with Gasteiger partial charge in [-0.25, -0.2) is 10.2 Å². The maximum absolute atomic E-state index is 10.4. The lowest BCUT2D eigenvalue weighted by atomic mass is 10.3. The molecule has 0 heterocycles. The molecule has 0 aromatic rings. The van der Waals surface area contributed by atoms with E-state index in [1.807, 2.05) is 0 Å². The van der Waals surface area contributed by atoms with E-state index in [4.69, 9.17) is 5.11 Å². The summed E-state index contributed by atoms with van der Waals surface area (Å²) in [4.78, 5) is 20.6. The number of nitrogens with zero attached hydrogens (tertiary/aromatic N) is 1. The maximum atomic E-state index is 10.4. The summed E-state index contributed by atoms with van der Waals surface area (Å²) in [6.45, 7) is 0. The van der Waals surface area contributed by atoms with Gasteiger partial charge in [0.15, 0.2) is 6.04 Å². The van der Waals surface area contributed by atoms with Gasteiger partial charge in [-0.15, -0.1) is 0 Å². The van der Waals surface area contributed by atoms with Crippen molar-refractivity contribution in [3.8, 4) is 0 Å². The van der Waals surface area contributed by atoms with Crippen molar-refractivity contribution < 1.29 is 14.7 Å². The summed E-state index contributed by atoms with van der Waals surface area (Å²) in [5, 5.41) is 9.46. The molecule has 0 aliphatic heterocycles. The van der Waals surface area contributed by atoms with Gasteiger partial charge in [0.05, 0.1) is 0 Å². The number of carbonyl (C=O) groups excluding carboxylic acids is 1. The van der Waals surface area contributed by atoms with E-state index in [1.54, 1.807) is 0 Å². The van der Waals surface area contributed by atoms with Gasteiger partial charge in [-0.2, -0.15) is 12.6 Å². The first-order chi connectivity index (χ1) is 5.17. The first-order valence-electron chi connectivity index (χ1n) is 2.92. The van der Waals surface area contributed by atoms with Crippen LogP contribution in [0.25, 0.3) is 0 Å². The Bertz CT molecular complexity index is 153. The highest BCUT2D eigenvalue weighted by Gasteiger charge is 2.21. The second-order valence-corrected chi connectivity index (χ2v) is 2.14. The van der Waals surface area contributed by atoms with E-state index in [2.05, 4.69) is 18.1 Å². The summed E-state index contributed by atoms with van der Waals surface area (Å²) in [7, 11) is 1.47. The zero-order valence-corrected chi connectivity index (χ0v) is 6.91. The van der Waals surface area contributed by atoms with Crippen LogP contribution in [0.15, 0.2) is 0 Å². The van der Waals surface area contributed by atoms with Crippen LogP contribution in [-0.4, -0.2) is 41.3 Å². The predicted octanol–water partition coefficient (Wildman–Crippen LogP) is -1.04. The SMILES string of the molecule is CNN(C=O)C(CS)C(=O)O. The van der Waals surface area contributed by atoms with Crippen LogP contribution in [0.1, 0.15) is 0 Å². The number of hydrazine groups is 1. The number of rotatable bonds is 5. The van der Waals surface area contributed by atoms with E-state index >= 15 is 0 Å². The molecule has 0 bridgehead atoms. The monoisotopic (exact) mass is 178 g/mol. The van der Waals surface area contributed by atoms with Crippen LogP contribution in [0.4, 0.5) is 0 Å². The average Bonchev–Trinajstić information content (AvgIpc) is 1.99. The fourth-order valence-corrected chi connectivity index (χ4v) is 0.899. The third-order valence-electron chi connectivity index (χ3n) is 1.17. The van der Waals surface area contributed by atoms with Crippen molar-refractivity contribution in [2.75, 3.05) is 12.8 Å². The number of amides is 1. The molecular weight excluding hydrogens is 168 g/mol. The van der Waals surface area contributed by atoms with E-state index in [0.29, 0.717) is 6.41 Å². The van der Waals surface area contributed by atoms with Gasteiger partial charge in [0.2, 0.25) is 6.41 Å². The van der Waals surface area contributed by atoms with Gasteiger partial charge in [-0.1, -0.05) is 0 Å². The van der Waals surface area contributed by atoms with Gasteiger partial charge in [0.25, 0.3) is 0 Å². The molecule has 0 saturated heterocycles. The molecule has 5 nitrogen and oxygen atoms in total. The van der Waals surface area contributed by atoms with Crippen molar-refractivity contribution in [2.24, 2.45) is 0 Å². The van der Waals surface area contributed by atoms with Crippen molar-refractivity contribution in [1.82, 2.24) is 10.4 Å². The van der Waals surface area contributed by atoms with Crippen molar-refractivity contribution >= 4 is 25.0 Å². The van der Waals surface area contributed by atoms with Crippen LogP contribution in [-0.2, 0) is 9.59 Å². The number of nitrogens with one attached hydrogen (secondary N) is 1. The second-order valence-electron chi connectivity index (χ2n) is 1.77. The number of thiol groups is 1. The zero-order chi connectivity index (χ0) is 8.85. The van der Waals surface area contributed by atoms with Crippen LogP contribution in [0, 0.1) is 0 Å². The third kappa shape index (κ3) is 2.77. The van der Waals surface area contributed by atoms with Crippen LogP contribution in [0.5, 0.6) is 0 Å². The van der Waals surface area contributed by atoms with Gasteiger partial charge in [-0.05, 0) is 0 Å². The van der Waals surface area contributed by atoms with E-state index in [-0.39, 0.29) is 5.75 Å². The quantitative estimate of drug-likeness (QED) is 0.286. The van der Waals surface area contributed by atoms with Crippen molar-refractivity contribution in [3.63, 3.8) is 0 Å². The standard InChI is InChI=1S/C5H10N2O3S/c1-6-7(3-8)4(2-11)5(9)10/h3-4,6,11H,2H2,1H3,(H,9,10). The van der Waals surface area contributed by atoms with E-state index in [0.717, 1.165) is 5.01 Å². The molecule has 0 aliphatic carbocycles. The Morgan fingerprint density at radius 1 is 1.91 bits per heavy atom. The largest absolute Gasteiger partial charge is 0.480 e. The first kappa shape index (κ1) is 10.2. The maximum Gasteiger partial charge on any atom is 0.328 e. The van der Waals surface area contributed by atoms with Crippen LogP contribution < -0.4 is 5.43 Å². The Kier molecular flexibility index (Phi) is 4.64. The molecule has 6 heteroatoms. The minimum absolute atomic E-state index is 0.0783. The lowest BCUT2D eigenvalue weighted by molar-refractivity contribution is -0.147. The lowest BCUT2D eigenvalue weighted by Gasteiger charge is -2.21. The summed E-state index contributed by atoms with van der Waals surface area (Å²) in [5.74, 6) is -1.00. The molecule has 0 spiro atoms. The molecule has 0 aliphatic rings. The summed E-state index contributed by atoms with van der Waals surface area (Å²) in [5.41, 5.74) is 2.42. The van der Waals surface area contributed by atoms with E-state index in [1.165, 1.54) is 7.05 Å². The average molecular weight is 178 g/mol. The van der Waals surface area contributed by atoms with Crippen LogP contribution >= 0.6 is 12.6 Å². The van der Waals surface area contributed by atoms with E-state index < -0.39 is 12.0 Å². The number of hydrogen-bond acceptors (Lipinski definition) is 4. The van der Waals surface area contributed by atoms with E-state index in [9.17, 15) is 9.59 Å². The molecule has 1 atom stereocenters. The van der Waals surface area contributed by atoms with Crippen LogP contribution in [0.3, 0.4) is 0 Å². The van der Waals surface area contributed by atoms with Gasteiger partial charge < -0.3 is 5.11 Å². The summed E-state index contributed by atoms with van der Waals surface area (Å²) < 4.78 is 0. The lowest BCUT2D eigenvalue weighted by Crippen LogP contribution is -2.48. The summed E-state index contributed by atoms with van der Waals surface area (Å²) in [6, 6.07) is -0.916. The Balaban J connectivity index is 4.20. The fraction of sp³-hybridized carbons (Fsp3) is 0.600. The summed E-state index contributed by atoms with van der Waals surface area (Å²) >= 11 is 3.78. The highest BCUT2D eigenvalue weighted by atomic mass is 32.1.